The molecule has 1 aromatic carbocycles. The van der Waals surface area contributed by atoms with Gasteiger partial charge in [0, 0.05) is 19.6 Å². The fraction of sp³-hybridized carbons (Fsp3) is 0.444. The number of benzene rings is 1. The average Bonchev–Trinajstić information content (AvgIpc) is 2.92. The van der Waals surface area contributed by atoms with Crippen LogP contribution in [0, 0.1) is 6.92 Å². The maximum atomic E-state index is 12.5. The van der Waals surface area contributed by atoms with Crippen LogP contribution in [0.5, 0.6) is 0 Å². The average molecular weight is 348 g/mol. The van der Waals surface area contributed by atoms with E-state index in [-0.39, 0.29) is 11.8 Å². The highest BCUT2D eigenvalue weighted by Crippen LogP contribution is 2.22. The summed E-state index contributed by atoms with van der Waals surface area (Å²) in [5, 5.41) is 13.5. The molecule has 2 unspecified atom stereocenters. The molecule has 0 saturated heterocycles. The second kappa shape index (κ2) is 8.92. The van der Waals surface area contributed by atoms with Crippen molar-refractivity contribution in [1.29, 1.82) is 0 Å². The standard InChI is InChI=1S/C18H24N2O3S/c1-12(21)9-15(14-7-5-4-6-8-14)10-19-18(22)17-13(2)20-16(24-17)11-23-3/h4-8,12,15,21H,9-11H2,1-3H3,(H,19,22). The van der Waals surface area contributed by atoms with Crippen LogP contribution in [0.4, 0.5) is 0 Å². The van der Waals surface area contributed by atoms with Crippen molar-refractivity contribution in [2.45, 2.75) is 38.9 Å². The Morgan fingerprint density at radius 2 is 2.08 bits per heavy atom. The first-order chi connectivity index (χ1) is 11.5. The van der Waals surface area contributed by atoms with Gasteiger partial charge in [0.15, 0.2) is 0 Å². The summed E-state index contributed by atoms with van der Waals surface area (Å²) in [5.74, 6) is -0.0549. The molecular weight excluding hydrogens is 324 g/mol. The van der Waals surface area contributed by atoms with Crippen LogP contribution in [0.25, 0.3) is 0 Å². The van der Waals surface area contributed by atoms with Crippen molar-refractivity contribution in [1.82, 2.24) is 10.3 Å². The number of hydrogen-bond acceptors (Lipinski definition) is 5. The first-order valence-corrected chi connectivity index (χ1v) is 8.79. The van der Waals surface area contributed by atoms with Gasteiger partial charge in [-0.3, -0.25) is 4.79 Å². The lowest BCUT2D eigenvalue weighted by molar-refractivity contribution is 0.0949. The first kappa shape index (κ1) is 18.6. The van der Waals surface area contributed by atoms with Gasteiger partial charge in [0.25, 0.3) is 5.91 Å². The number of thiazole rings is 1. The fourth-order valence-electron chi connectivity index (χ4n) is 2.62. The fourth-order valence-corrected chi connectivity index (χ4v) is 3.57. The number of ether oxygens (including phenoxy) is 1. The van der Waals surface area contributed by atoms with Crippen molar-refractivity contribution in [2.75, 3.05) is 13.7 Å². The second-order valence-electron chi connectivity index (χ2n) is 5.86. The van der Waals surface area contributed by atoms with Gasteiger partial charge in [-0.25, -0.2) is 4.98 Å². The Balaban J connectivity index is 2.04. The smallest absolute Gasteiger partial charge is 0.263 e. The van der Waals surface area contributed by atoms with E-state index in [9.17, 15) is 9.90 Å². The molecule has 0 spiro atoms. The molecule has 0 saturated carbocycles. The number of hydrogen-bond donors (Lipinski definition) is 2. The number of aliphatic hydroxyl groups excluding tert-OH is 1. The van der Waals surface area contributed by atoms with Gasteiger partial charge in [0.2, 0.25) is 0 Å². The minimum absolute atomic E-state index is 0.0711. The maximum absolute atomic E-state index is 12.5. The summed E-state index contributed by atoms with van der Waals surface area (Å²) in [5.41, 5.74) is 1.83. The Labute approximate surface area is 146 Å². The molecule has 0 aliphatic rings. The summed E-state index contributed by atoms with van der Waals surface area (Å²) in [6.45, 7) is 4.48. The second-order valence-corrected chi connectivity index (χ2v) is 6.94. The third-order valence-corrected chi connectivity index (χ3v) is 4.85. The number of carbonyl (C=O) groups is 1. The van der Waals surface area contributed by atoms with Crippen LogP contribution in [0.3, 0.4) is 0 Å². The number of nitrogens with one attached hydrogen (secondary N) is 1. The van der Waals surface area contributed by atoms with E-state index in [1.165, 1.54) is 11.3 Å². The predicted octanol–water partition coefficient (Wildman–Crippen LogP) is 2.88. The monoisotopic (exact) mass is 348 g/mol. The van der Waals surface area contributed by atoms with E-state index >= 15 is 0 Å². The summed E-state index contributed by atoms with van der Waals surface area (Å²) in [4.78, 5) is 17.4. The van der Waals surface area contributed by atoms with Gasteiger partial charge in [-0.2, -0.15) is 0 Å². The number of nitrogens with zero attached hydrogens (tertiary/aromatic N) is 1. The number of aryl methyl sites for hydroxylation is 1. The van der Waals surface area contributed by atoms with Crippen LogP contribution in [0.2, 0.25) is 0 Å². The van der Waals surface area contributed by atoms with Crippen molar-refractivity contribution in [3.63, 3.8) is 0 Å². The van der Waals surface area contributed by atoms with E-state index in [0.717, 1.165) is 16.3 Å². The minimum Gasteiger partial charge on any atom is -0.393 e. The molecule has 1 heterocycles. The summed E-state index contributed by atoms with van der Waals surface area (Å²) < 4.78 is 5.06. The number of carbonyl (C=O) groups excluding carboxylic acids is 1. The first-order valence-electron chi connectivity index (χ1n) is 7.97. The molecule has 1 aromatic heterocycles. The van der Waals surface area contributed by atoms with E-state index in [2.05, 4.69) is 10.3 Å². The molecule has 0 aliphatic carbocycles. The molecule has 5 nitrogen and oxygen atoms in total. The highest BCUT2D eigenvalue weighted by molar-refractivity contribution is 7.13. The van der Waals surface area contributed by atoms with Gasteiger partial charge in [0.1, 0.15) is 9.88 Å². The van der Waals surface area contributed by atoms with Crippen molar-refractivity contribution in [2.24, 2.45) is 0 Å². The molecule has 0 fully saturated rings. The highest BCUT2D eigenvalue weighted by Gasteiger charge is 2.19. The molecular formula is C18H24N2O3S. The van der Waals surface area contributed by atoms with Crippen LogP contribution >= 0.6 is 11.3 Å². The lowest BCUT2D eigenvalue weighted by atomic mass is 9.93. The largest absolute Gasteiger partial charge is 0.393 e. The number of rotatable bonds is 8. The molecule has 2 aromatic rings. The van der Waals surface area contributed by atoms with Crippen molar-refractivity contribution in [3.05, 3.63) is 51.5 Å². The Hall–Kier alpha value is -1.76. The van der Waals surface area contributed by atoms with Crippen LogP contribution in [0.1, 0.15) is 45.2 Å². The molecule has 0 radical (unpaired) electrons. The molecule has 2 N–H and O–H groups in total. The van der Waals surface area contributed by atoms with Gasteiger partial charge in [-0.1, -0.05) is 30.3 Å². The predicted molar refractivity (Wildman–Crippen MR) is 95.4 cm³/mol. The van der Waals surface area contributed by atoms with Gasteiger partial charge in [0.05, 0.1) is 18.4 Å². The van der Waals surface area contributed by atoms with Gasteiger partial charge in [-0.15, -0.1) is 11.3 Å². The molecule has 6 heteroatoms. The Morgan fingerprint density at radius 1 is 1.38 bits per heavy atom. The van der Waals surface area contributed by atoms with E-state index in [1.54, 1.807) is 14.0 Å². The van der Waals surface area contributed by atoms with Crippen LogP contribution in [0.15, 0.2) is 30.3 Å². The number of amides is 1. The van der Waals surface area contributed by atoms with Crippen LogP contribution in [-0.2, 0) is 11.3 Å². The third kappa shape index (κ3) is 5.12. The van der Waals surface area contributed by atoms with Gasteiger partial charge in [-0.05, 0) is 25.8 Å². The molecule has 130 valence electrons. The summed E-state index contributed by atoms with van der Waals surface area (Å²) in [6, 6.07) is 9.94. The lowest BCUT2D eigenvalue weighted by Gasteiger charge is -2.19. The van der Waals surface area contributed by atoms with Crippen molar-refractivity contribution >= 4 is 17.2 Å². The van der Waals surface area contributed by atoms with Crippen LogP contribution < -0.4 is 5.32 Å². The van der Waals surface area contributed by atoms with E-state index in [4.69, 9.17) is 4.74 Å². The maximum Gasteiger partial charge on any atom is 0.263 e. The topological polar surface area (TPSA) is 71.5 Å². The quantitative estimate of drug-likeness (QED) is 0.769. The Kier molecular flexibility index (Phi) is 6.90. The number of methoxy groups -OCH3 is 1. The lowest BCUT2D eigenvalue weighted by Crippen LogP contribution is -2.29. The molecule has 0 aliphatic heterocycles. The molecule has 2 rings (SSSR count). The normalized spacial score (nSPS) is 13.5. The zero-order chi connectivity index (χ0) is 17.5. The summed E-state index contributed by atoms with van der Waals surface area (Å²) in [7, 11) is 1.61. The minimum atomic E-state index is -0.425. The van der Waals surface area contributed by atoms with Crippen molar-refractivity contribution < 1.29 is 14.6 Å². The SMILES string of the molecule is COCc1nc(C)c(C(=O)NCC(CC(C)O)c2ccccc2)s1. The van der Waals surface area contributed by atoms with Crippen molar-refractivity contribution in [3.8, 4) is 0 Å². The number of aromatic nitrogens is 1. The summed E-state index contributed by atoms with van der Waals surface area (Å²) >= 11 is 1.36. The zero-order valence-electron chi connectivity index (χ0n) is 14.3. The van der Waals surface area contributed by atoms with E-state index < -0.39 is 6.10 Å². The molecule has 1 amide bonds. The number of aliphatic hydroxyl groups is 1. The zero-order valence-corrected chi connectivity index (χ0v) is 15.1. The van der Waals surface area contributed by atoms with Gasteiger partial charge < -0.3 is 15.2 Å². The van der Waals surface area contributed by atoms with Crippen LogP contribution in [-0.4, -0.2) is 35.8 Å². The van der Waals surface area contributed by atoms with E-state index in [0.29, 0.717) is 24.4 Å². The molecule has 0 bridgehead atoms. The van der Waals surface area contributed by atoms with Gasteiger partial charge >= 0.3 is 0 Å². The third-order valence-electron chi connectivity index (χ3n) is 3.72. The Bertz CT molecular complexity index is 656. The summed E-state index contributed by atoms with van der Waals surface area (Å²) in [6.07, 6.45) is 0.173. The molecule has 2 atom stereocenters. The molecule has 24 heavy (non-hydrogen) atoms. The highest BCUT2D eigenvalue weighted by atomic mass is 32.1. The Morgan fingerprint density at radius 3 is 2.71 bits per heavy atom. The van der Waals surface area contributed by atoms with E-state index in [1.807, 2.05) is 37.3 Å².